The first-order valence-corrected chi connectivity index (χ1v) is 6.99. The summed E-state index contributed by atoms with van der Waals surface area (Å²) in [5, 5.41) is 9.04. The van der Waals surface area contributed by atoms with Crippen molar-refractivity contribution in [1.82, 2.24) is 0 Å². The zero-order valence-corrected chi connectivity index (χ0v) is 12.6. The van der Waals surface area contributed by atoms with Gasteiger partial charge in [0.25, 0.3) is 0 Å². The molecule has 112 valence electrons. The maximum atomic E-state index is 9.04. The highest BCUT2D eigenvalue weighted by atomic mass is 16.7. The monoisotopic (exact) mass is 290 g/mol. The molecule has 2 heterocycles. The molecule has 3 rings (SSSR count). The number of aliphatic hydroxyl groups excluding tert-OH is 1. The minimum Gasteiger partial charge on any atom is -0.492 e. The molecule has 2 aliphatic heterocycles. The van der Waals surface area contributed by atoms with E-state index in [1.54, 1.807) is 7.11 Å². The highest BCUT2D eigenvalue weighted by Gasteiger charge is 2.40. The average molecular weight is 290 g/mol. The minimum atomic E-state index is -0.140. The van der Waals surface area contributed by atoms with Gasteiger partial charge in [-0.2, -0.15) is 0 Å². The zero-order valence-electron chi connectivity index (χ0n) is 12.6. The van der Waals surface area contributed by atoms with Crippen LogP contribution in [-0.4, -0.2) is 50.7 Å². The van der Waals surface area contributed by atoms with Gasteiger partial charge in [0.2, 0.25) is 12.5 Å². The molecular weight excluding hydrogens is 270 g/mol. The molecule has 5 heteroatoms. The quantitative estimate of drug-likeness (QED) is 0.621. The Morgan fingerprint density at radius 2 is 2.24 bits per heavy atom. The second kappa shape index (κ2) is 5.14. The van der Waals surface area contributed by atoms with E-state index in [4.69, 9.17) is 19.3 Å². The predicted octanol–water partition coefficient (Wildman–Crippen LogP) is 1.09. The lowest BCUT2D eigenvalue weighted by Gasteiger charge is -2.40. The summed E-state index contributed by atoms with van der Waals surface area (Å²) in [6, 6.07) is 1.98. The molecule has 0 fully saturated rings. The van der Waals surface area contributed by atoms with E-state index in [9.17, 15) is 0 Å². The van der Waals surface area contributed by atoms with Gasteiger partial charge in [0.1, 0.15) is 6.61 Å². The predicted molar refractivity (Wildman–Crippen MR) is 77.4 cm³/mol. The van der Waals surface area contributed by atoms with Gasteiger partial charge >= 0.3 is 0 Å². The van der Waals surface area contributed by atoms with E-state index in [-0.39, 0.29) is 19.4 Å². The van der Waals surface area contributed by atoms with Crippen molar-refractivity contribution < 1.29 is 23.8 Å². The number of ether oxygens (including phenoxy) is 3. The third kappa shape index (κ3) is 2.21. The molecule has 0 spiro atoms. The second-order valence-electron chi connectivity index (χ2n) is 5.85. The number of hydrogen-bond donors (Lipinski definition) is 1. The van der Waals surface area contributed by atoms with Gasteiger partial charge in [-0.05, 0) is 17.6 Å². The number of methoxy groups -OCH3 is 1. The molecule has 0 radical (unpaired) electrons. The molecule has 1 aromatic carbocycles. The van der Waals surface area contributed by atoms with Gasteiger partial charge in [0.05, 0.1) is 33.3 Å². The summed E-state index contributed by atoms with van der Waals surface area (Å²) in [6.45, 7) is 1.05. The average Bonchev–Trinajstić information content (AvgIpc) is 2.92. The van der Waals surface area contributed by atoms with E-state index in [2.05, 4.69) is 25.9 Å². The Kier molecular flexibility index (Phi) is 3.44. The summed E-state index contributed by atoms with van der Waals surface area (Å²) in [4.78, 5) is 0. The van der Waals surface area contributed by atoms with Gasteiger partial charge in [-0.15, -0.1) is 0 Å². The largest absolute Gasteiger partial charge is 0.492 e. The van der Waals surface area contributed by atoms with E-state index in [1.165, 1.54) is 5.56 Å². The number of aliphatic hydroxyl groups is 1. The summed E-state index contributed by atoms with van der Waals surface area (Å²) in [5.41, 5.74) is 2.24. The Hall–Kier alpha value is -1.90. The Morgan fingerprint density at radius 3 is 2.95 bits per heavy atom. The summed E-state index contributed by atoms with van der Waals surface area (Å²) in [5.74, 6) is 8.09. The normalized spacial score (nSPS) is 21.2. The van der Waals surface area contributed by atoms with Gasteiger partial charge in [-0.25, -0.2) is 0 Å². The topological polar surface area (TPSA) is 47.9 Å². The van der Waals surface area contributed by atoms with E-state index in [0.29, 0.717) is 11.5 Å². The van der Waals surface area contributed by atoms with Crippen LogP contribution in [0.4, 0.5) is 0 Å². The molecule has 1 aromatic rings. The maximum Gasteiger partial charge on any atom is 0.231 e. The van der Waals surface area contributed by atoms with Crippen LogP contribution in [0.2, 0.25) is 0 Å². The lowest BCUT2D eigenvalue weighted by atomic mass is 9.89. The molecule has 0 saturated heterocycles. The lowest BCUT2D eigenvalue weighted by Crippen LogP contribution is -2.47. The van der Waals surface area contributed by atoms with Gasteiger partial charge < -0.3 is 23.8 Å². The van der Waals surface area contributed by atoms with Crippen LogP contribution in [-0.2, 0) is 6.42 Å². The van der Waals surface area contributed by atoms with Crippen molar-refractivity contribution in [3.63, 3.8) is 0 Å². The van der Waals surface area contributed by atoms with Crippen molar-refractivity contribution >= 4 is 0 Å². The molecule has 1 atom stereocenters. The number of rotatable bonds is 1. The van der Waals surface area contributed by atoms with Crippen LogP contribution in [0.5, 0.6) is 17.2 Å². The summed E-state index contributed by atoms with van der Waals surface area (Å²) >= 11 is 0. The van der Waals surface area contributed by atoms with Crippen LogP contribution in [0.15, 0.2) is 6.07 Å². The molecule has 0 bridgehead atoms. The smallest absolute Gasteiger partial charge is 0.231 e. The highest BCUT2D eigenvalue weighted by molar-refractivity contribution is 5.62. The van der Waals surface area contributed by atoms with E-state index in [1.807, 2.05) is 6.07 Å². The molecule has 0 amide bonds. The minimum absolute atomic E-state index is 0.0506. The Balaban J connectivity index is 2.21. The standard InChI is InChI=1S/C16H20NO4/c1-17(2)7-6-11-9-13-15(21-10-20-13)16(19-3)14(11)12(17)5-4-8-18/h9,12,18H,6-8,10H2,1-3H3/q+1/t12-/m0/s1. The molecule has 2 aliphatic rings. The number of benzene rings is 1. The summed E-state index contributed by atoms with van der Waals surface area (Å²) in [7, 11) is 5.93. The second-order valence-corrected chi connectivity index (χ2v) is 5.85. The molecule has 21 heavy (non-hydrogen) atoms. The Bertz CT molecular complexity index is 627. The number of quaternary nitrogens is 1. The van der Waals surface area contributed by atoms with Gasteiger partial charge in [0.15, 0.2) is 17.5 Å². The van der Waals surface area contributed by atoms with Crippen molar-refractivity contribution in [2.75, 3.05) is 41.1 Å². The van der Waals surface area contributed by atoms with Crippen LogP contribution in [0.3, 0.4) is 0 Å². The number of hydrogen-bond acceptors (Lipinski definition) is 4. The third-order valence-electron chi connectivity index (χ3n) is 4.20. The Labute approximate surface area is 124 Å². The number of nitrogens with zero attached hydrogens (tertiary/aromatic N) is 1. The molecular formula is C16H20NO4+. The zero-order chi connectivity index (χ0) is 15.0. The number of likely N-dealkylation sites (N-methyl/N-ethyl adjacent to an activating group) is 1. The van der Waals surface area contributed by atoms with Crippen LogP contribution in [0, 0.1) is 11.8 Å². The molecule has 1 N–H and O–H groups in total. The van der Waals surface area contributed by atoms with Crippen LogP contribution in [0.1, 0.15) is 17.2 Å². The van der Waals surface area contributed by atoms with Crippen LogP contribution < -0.4 is 14.2 Å². The fourth-order valence-electron chi connectivity index (χ4n) is 3.06. The van der Waals surface area contributed by atoms with Gasteiger partial charge in [-0.1, -0.05) is 5.92 Å². The SMILES string of the molecule is COc1c2c(cc3c1[C@H](C#CCO)[N+](C)(C)CC3)OCO2. The van der Waals surface area contributed by atoms with Crippen molar-refractivity contribution in [3.05, 3.63) is 17.2 Å². The maximum absolute atomic E-state index is 9.04. The fourth-order valence-corrected chi connectivity index (χ4v) is 3.06. The van der Waals surface area contributed by atoms with Crippen LogP contribution >= 0.6 is 0 Å². The molecule has 0 unspecified atom stereocenters. The highest BCUT2D eigenvalue weighted by Crippen LogP contribution is 2.50. The first-order valence-electron chi connectivity index (χ1n) is 6.99. The van der Waals surface area contributed by atoms with Crippen molar-refractivity contribution in [3.8, 4) is 29.1 Å². The Morgan fingerprint density at radius 1 is 1.43 bits per heavy atom. The molecule has 0 aliphatic carbocycles. The van der Waals surface area contributed by atoms with E-state index in [0.717, 1.165) is 28.8 Å². The van der Waals surface area contributed by atoms with E-state index < -0.39 is 0 Å². The van der Waals surface area contributed by atoms with Crippen molar-refractivity contribution in [1.29, 1.82) is 0 Å². The van der Waals surface area contributed by atoms with E-state index >= 15 is 0 Å². The fraction of sp³-hybridized carbons (Fsp3) is 0.500. The van der Waals surface area contributed by atoms with Crippen molar-refractivity contribution in [2.45, 2.75) is 12.5 Å². The molecule has 0 aromatic heterocycles. The summed E-state index contributed by atoms with van der Waals surface area (Å²) in [6.07, 6.45) is 0.937. The first-order chi connectivity index (χ1) is 10.1. The lowest BCUT2D eigenvalue weighted by molar-refractivity contribution is -0.914. The van der Waals surface area contributed by atoms with Crippen LogP contribution in [0.25, 0.3) is 0 Å². The van der Waals surface area contributed by atoms with Gasteiger partial charge in [-0.3, -0.25) is 0 Å². The molecule has 5 nitrogen and oxygen atoms in total. The number of fused-ring (bicyclic) bond motifs is 2. The summed E-state index contributed by atoms with van der Waals surface area (Å²) < 4.78 is 17.4. The first kappa shape index (κ1) is 14.1. The molecule has 0 saturated carbocycles. The van der Waals surface area contributed by atoms with Gasteiger partial charge in [0, 0.05) is 6.42 Å². The van der Waals surface area contributed by atoms with Crippen molar-refractivity contribution in [2.24, 2.45) is 0 Å². The third-order valence-corrected chi connectivity index (χ3v) is 4.20.